The summed E-state index contributed by atoms with van der Waals surface area (Å²) in [5, 5.41) is 0. The molecule has 0 unspecified atom stereocenters. The zero-order valence-corrected chi connectivity index (χ0v) is 8.77. The number of nitrogen functional groups attached to an aromatic ring is 1. The molecule has 4 nitrogen and oxygen atoms in total. The number of methoxy groups -OCH3 is 1. The van der Waals surface area contributed by atoms with Gasteiger partial charge in [0.15, 0.2) is 0 Å². The first-order valence-corrected chi connectivity index (χ1v) is 4.66. The molecule has 2 N–H and O–H groups in total. The summed E-state index contributed by atoms with van der Waals surface area (Å²) in [6, 6.07) is 8.56. The monoisotopic (exact) mass is 203 g/mol. The highest BCUT2D eigenvalue weighted by molar-refractivity contribution is 5.41. The van der Waals surface area contributed by atoms with Crippen LogP contribution in [0.3, 0.4) is 0 Å². The maximum absolute atomic E-state index is 5.61. The summed E-state index contributed by atoms with van der Waals surface area (Å²) in [6.07, 6.45) is 1.74. The van der Waals surface area contributed by atoms with E-state index < -0.39 is 0 Å². The van der Waals surface area contributed by atoms with Gasteiger partial charge in [-0.2, -0.15) is 4.98 Å². The van der Waals surface area contributed by atoms with Gasteiger partial charge in [0.1, 0.15) is 5.82 Å². The number of imidazole rings is 1. The highest BCUT2D eigenvalue weighted by Crippen LogP contribution is 2.19. The fourth-order valence-corrected chi connectivity index (χ4v) is 1.41. The lowest BCUT2D eigenvalue weighted by atomic mass is 10.2. The van der Waals surface area contributed by atoms with Crippen LogP contribution in [0.1, 0.15) is 5.56 Å². The lowest BCUT2D eigenvalue weighted by molar-refractivity contribution is 0.374. The lowest BCUT2D eigenvalue weighted by Crippen LogP contribution is -1.96. The van der Waals surface area contributed by atoms with E-state index >= 15 is 0 Å². The minimum atomic E-state index is 0.451. The first-order valence-electron chi connectivity index (χ1n) is 4.66. The minimum Gasteiger partial charge on any atom is -0.468 e. The normalized spacial score (nSPS) is 10.3. The summed E-state index contributed by atoms with van der Waals surface area (Å²) in [4.78, 5) is 4.05. The molecule has 0 aliphatic rings. The van der Waals surface area contributed by atoms with Crippen LogP contribution < -0.4 is 10.5 Å². The quantitative estimate of drug-likeness (QED) is 0.809. The fraction of sp³-hybridized carbons (Fsp3) is 0.182. The van der Waals surface area contributed by atoms with E-state index in [-0.39, 0.29) is 0 Å². The van der Waals surface area contributed by atoms with E-state index in [1.807, 2.05) is 35.8 Å². The van der Waals surface area contributed by atoms with Crippen molar-refractivity contribution in [2.45, 2.75) is 6.92 Å². The van der Waals surface area contributed by atoms with Crippen molar-refractivity contribution < 1.29 is 4.74 Å². The zero-order chi connectivity index (χ0) is 10.8. The Labute approximate surface area is 88.3 Å². The number of nitrogens with two attached hydrogens (primary N) is 1. The molecule has 1 aromatic carbocycles. The van der Waals surface area contributed by atoms with Gasteiger partial charge < -0.3 is 10.5 Å². The largest absolute Gasteiger partial charge is 0.468 e. The third kappa shape index (κ3) is 1.79. The molecular formula is C11H13N3O. The third-order valence-electron chi connectivity index (χ3n) is 2.19. The van der Waals surface area contributed by atoms with E-state index in [1.54, 1.807) is 13.3 Å². The second-order valence-corrected chi connectivity index (χ2v) is 3.36. The summed E-state index contributed by atoms with van der Waals surface area (Å²) >= 11 is 0. The van der Waals surface area contributed by atoms with Crippen LogP contribution in [0.4, 0.5) is 5.82 Å². The van der Waals surface area contributed by atoms with Crippen molar-refractivity contribution in [3.8, 4) is 11.7 Å². The average Bonchev–Trinajstić information content (AvgIpc) is 2.61. The molecule has 0 spiro atoms. The van der Waals surface area contributed by atoms with Crippen molar-refractivity contribution in [2.24, 2.45) is 0 Å². The molecule has 1 heterocycles. The molecule has 78 valence electrons. The standard InChI is InChI=1S/C11H13N3O/c1-8-3-5-9(6-4-8)14-7-10(12)13-11(14)15-2/h3-7H,12H2,1-2H3. The Morgan fingerprint density at radius 2 is 1.93 bits per heavy atom. The number of hydrogen-bond acceptors (Lipinski definition) is 3. The molecule has 4 heteroatoms. The second kappa shape index (κ2) is 3.65. The van der Waals surface area contributed by atoms with E-state index in [0.29, 0.717) is 11.8 Å². The first kappa shape index (κ1) is 9.58. The Morgan fingerprint density at radius 3 is 2.53 bits per heavy atom. The Balaban J connectivity index is 2.48. The maximum atomic E-state index is 5.61. The van der Waals surface area contributed by atoms with E-state index in [1.165, 1.54) is 5.56 Å². The number of hydrogen-bond donors (Lipinski definition) is 1. The highest BCUT2D eigenvalue weighted by Gasteiger charge is 2.07. The number of ether oxygens (including phenoxy) is 1. The summed E-state index contributed by atoms with van der Waals surface area (Å²) in [6.45, 7) is 2.04. The van der Waals surface area contributed by atoms with Crippen LogP contribution in [0.2, 0.25) is 0 Å². The summed E-state index contributed by atoms with van der Waals surface area (Å²) < 4.78 is 6.94. The molecule has 0 fully saturated rings. The maximum Gasteiger partial charge on any atom is 0.302 e. The van der Waals surface area contributed by atoms with E-state index in [4.69, 9.17) is 10.5 Å². The SMILES string of the molecule is COc1nc(N)cn1-c1ccc(C)cc1. The summed E-state index contributed by atoms with van der Waals surface area (Å²) in [5.74, 6) is 0.451. The van der Waals surface area contributed by atoms with Gasteiger partial charge in [-0.3, -0.25) is 4.57 Å². The minimum absolute atomic E-state index is 0.451. The molecule has 0 amide bonds. The van der Waals surface area contributed by atoms with Gasteiger partial charge in [-0.15, -0.1) is 0 Å². The average molecular weight is 203 g/mol. The van der Waals surface area contributed by atoms with E-state index in [9.17, 15) is 0 Å². The van der Waals surface area contributed by atoms with Gasteiger partial charge in [0.05, 0.1) is 19.0 Å². The molecule has 15 heavy (non-hydrogen) atoms. The van der Waals surface area contributed by atoms with Crippen LogP contribution in [0.5, 0.6) is 6.01 Å². The molecule has 2 aromatic rings. The molecule has 0 aliphatic carbocycles. The fourth-order valence-electron chi connectivity index (χ4n) is 1.41. The number of aromatic nitrogens is 2. The molecule has 0 bridgehead atoms. The van der Waals surface area contributed by atoms with Crippen LogP contribution >= 0.6 is 0 Å². The second-order valence-electron chi connectivity index (χ2n) is 3.36. The Hall–Kier alpha value is -1.97. The smallest absolute Gasteiger partial charge is 0.302 e. The summed E-state index contributed by atoms with van der Waals surface area (Å²) in [5.41, 5.74) is 7.81. The van der Waals surface area contributed by atoms with Gasteiger partial charge in [0.2, 0.25) is 0 Å². The van der Waals surface area contributed by atoms with Crippen molar-refractivity contribution in [1.82, 2.24) is 9.55 Å². The lowest BCUT2D eigenvalue weighted by Gasteiger charge is -2.05. The molecule has 0 atom stereocenters. The van der Waals surface area contributed by atoms with Crippen molar-refractivity contribution in [1.29, 1.82) is 0 Å². The van der Waals surface area contributed by atoms with Gasteiger partial charge in [0, 0.05) is 0 Å². The van der Waals surface area contributed by atoms with Gasteiger partial charge in [-0.25, -0.2) is 0 Å². The molecule has 0 saturated carbocycles. The van der Waals surface area contributed by atoms with E-state index in [2.05, 4.69) is 4.98 Å². The van der Waals surface area contributed by atoms with Crippen molar-refractivity contribution in [3.05, 3.63) is 36.0 Å². The number of benzene rings is 1. The van der Waals surface area contributed by atoms with Gasteiger partial charge in [0.25, 0.3) is 0 Å². The van der Waals surface area contributed by atoms with Crippen molar-refractivity contribution in [2.75, 3.05) is 12.8 Å². The van der Waals surface area contributed by atoms with Crippen molar-refractivity contribution >= 4 is 5.82 Å². The van der Waals surface area contributed by atoms with Crippen LogP contribution in [-0.2, 0) is 0 Å². The third-order valence-corrected chi connectivity index (χ3v) is 2.19. The van der Waals surface area contributed by atoms with Gasteiger partial charge in [-0.1, -0.05) is 17.7 Å². The number of aryl methyl sites for hydroxylation is 1. The highest BCUT2D eigenvalue weighted by atomic mass is 16.5. The first-order chi connectivity index (χ1) is 7.20. The van der Waals surface area contributed by atoms with Crippen LogP contribution in [0.25, 0.3) is 5.69 Å². The van der Waals surface area contributed by atoms with Gasteiger partial charge >= 0.3 is 6.01 Å². The Bertz CT molecular complexity index is 459. The molecule has 1 aromatic heterocycles. The number of nitrogens with zero attached hydrogens (tertiary/aromatic N) is 2. The Kier molecular flexibility index (Phi) is 2.33. The molecular weight excluding hydrogens is 190 g/mol. The molecule has 0 saturated heterocycles. The number of rotatable bonds is 2. The molecule has 0 radical (unpaired) electrons. The summed E-state index contributed by atoms with van der Waals surface area (Å²) in [7, 11) is 1.58. The predicted octanol–water partition coefficient (Wildman–Crippen LogP) is 1.77. The molecule has 0 aliphatic heterocycles. The van der Waals surface area contributed by atoms with Crippen LogP contribution in [0.15, 0.2) is 30.5 Å². The number of anilines is 1. The zero-order valence-electron chi connectivity index (χ0n) is 8.77. The predicted molar refractivity (Wildman–Crippen MR) is 59.3 cm³/mol. The van der Waals surface area contributed by atoms with Crippen LogP contribution in [0, 0.1) is 6.92 Å². The van der Waals surface area contributed by atoms with E-state index in [0.717, 1.165) is 5.69 Å². The topological polar surface area (TPSA) is 53.1 Å². The van der Waals surface area contributed by atoms with Crippen molar-refractivity contribution in [3.63, 3.8) is 0 Å². The molecule has 2 rings (SSSR count). The van der Waals surface area contributed by atoms with Crippen LogP contribution in [-0.4, -0.2) is 16.7 Å². The Morgan fingerprint density at radius 1 is 1.27 bits per heavy atom. The van der Waals surface area contributed by atoms with Gasteiger partial charge in [-0.05, 0) is 19.1 Å².